The van der Waals surface area contributed by atoms with Gasteiger partial charge in [0.1, 0.15) is 6.10 Å². The average Bonchev–Trinajstić information content (AvgIpc) is 2.90. The van der Waals surface area contributed by atoms with Crippen molar-refractivity contribution in [1.82, 2.24) is 14.7 Å². The van der Waals surface area contributed by atoms with E-state index in [4.69, 9.17) is 9.47 Å². The summed E-state index contributed by atoms with van der Waals surface area (Å²) in [6.07, 6.45) is -0.0968. The monoisotopic (exact) mass is 325 g/mol. The molecule has 1 aliphatic heterocycles. The third-order valence-electron chi connectivity index (χ3n) is 3.80. The van der Waals surface area contributed by atoms with E-state index in [0.717, 1.165) is 16.3 Å². The molecule has 1 saturated heterocycles. The maximum absolute atomic E-state index is 12.6. The third kappa shape index (κ3) is 5.02. The molecule has 0 aromatic carbocycles. The summed E-state index contributed by atoms with van der Waals surface area (Å²) < 4.78 is 13.3. The second kappa shape index (κ2) is 6.98. The Morgan fingerprint density at radius 3 is 2.70 bits per heavy atom. The van der Waals surface area contributed by atoms with Gasteiger partial charge in [0.25, 0.3) is 5.91 Å². The molecule has 2 rings (SSSR count). The van der Waals surface area contributed by atoms with Gasteiger partial charge in [0.15, 0.2) is 12.3 Å². The maximum Gasteiger partial charge on any atom is 0.278 e. The Kier molecular flexibility index (Phi) is 5.44. The van der Waals surface area contributed by atoms with Crippen molar-refractivity contribution in [1.29, 1.82) is 0 Å². The number of carbonyl (C=O) groups is 1. The van der Waals surface area contributed by atoms with Crippen molar-refractivity contribution >= 4 is 5.91 Å². The van der Waals surface area contributed by atoms with Crippen LogP contribution >= 0.6 is 0 Å². The predicted molar refractivity (Wildman–Crippen MR) is 85.9 cm³/mol. The quantitative estimate of drug-likeness (QED) is 0.755. The lowest BCUT2D eigenvalue weighted by molar-refractivity contribution is -0.849. The highest BCUT2D eigenvalue weighted by molar-refractivity contribution is 5.77. The van der Waals surface area contributed by atoms with Gasteiger partial charge in [-0.3, -0.25) is 9.48 Å². The van der Waals surface area contributed by atoms with Crippen LogP contribution in [0.15, 0.2) is 6.07 Å². The minimum atomic E-state index is -0.574. The van der Waals surface area contributed by atoms with Gasteiger partial charge in [0.05, 0.1) is 38.6 Å². The molecule has 0 unspecified atom stereocenters. The third-order valence-corrected chi connectivity index (χ3v) is 3.80. The second-order valence-corrected chi connectivity index (χ2v) is 7.01. The molecule has 0 aliphatic carbocycles. The van der Waals surface area contributed by atoms with Crippen LogP contribution in [0.4, 0.5) is 0 Å². The fourth-order valence-electron chi connectivity index (χ4n) is 2.78. The number of nitrogens with one attached hydrogen (secondary N) is 1. The first-order chi connectivity index (χ1) is 10.7. The minimum Gasteiger partial charge on any atom is -0.348 e. The number of ether oxygens (including phenoxy) is 2. The van der Waals surface area contributed by atoms with Crippen LogP contribution in [0.1, 0.15) is 25.2 Å². The van der Waals surface area contributed by atoms with Gasteiger partial charge in [-0.05, 0) is 26.8 Å². The molecule has 7 heteroatoms. The van der Waals surface area contributed by atoms with E-state index < -0.39 is 5.79 Å². The smallest absolute Gasteiger partial charge is 0.278 e. The second-order valence-electron chi connectivity index (χ2n) is 7.01. The van der Waals surface area contributed by atoms with Crippen LogP contribution in [0.2, 0.25) is 0 Å². The largest absolute Gasteiger partial charge is 0.348 e. The van der Waals surface area contributed by atoms with Crippen LogP contribution in [-0.4, -0.2) is 66.3 Å². The number of nitrogens with zero attached hydrogens (tertiary/aromatic N) is 3. The van der Waals surface area contributed by atoms with E-state index in [1.54, 1.807) is 0 Å². The first kappa shape index (κ1) is 17.9. The fourth-order valence-corrected chi connectivity index (χ4v) is 2.78. The lowest BCUT2D eigenvalue weighted by Gasteiger charge is -2.26. The molecule has 1 aromatic heterocycles. The number of hydrogen-bond acceptors (Lipinski definition) is 4. The molecular formula is C16H29N4O3+. The molecule has 1 fully saturated rings. The average molecular weight is 325 g/mol. The van der Waals surface area contributed by atoms with E-state index in [0.29, 0.717) is 26.2 Å². The molecule has 1 N–H and O–H groups in total. The highest BCUT2D eigenvalue weighted by Crippen LogP contribution is 2.23. The highest BCUT2D eigenvalue weighted by Gasteiger charge is 2.35. The number of hydrogen-bond donors (Lipinski definition) is 1. The van der Waals surface area contributed by atoms with Gasteiger partial charge in [0.2, 0.25) is 0 Å². The van der Waals surface area contributed by atoms with Crippen LogP contribution in [0.25, 0.3) is 0 Å². The Hall–Kier alpha value is -1.44. The minimum absolute atomic E-state index is 0.0968. The summed E-state index contributed by atoms with van der Waals surface area (Å²) in [5.74, 6) is -0.466. The van der Waals surface area contributed by atoms with E-state index in [1.165, 1.54) is 0 Å². The Bertz CT molecular complexity index is 554. The first-order valence-corrected chi connectivity index (χ1v) is 8.04. The zero-order chi connectivity index (χ0) is 17.2. The number of rotatable bonds is 6. The predicted octanol–water partition coefficient (Wildman–Crippen LogP) is -0.647. The van der Waals surface area contributed by atoms with Gasteiger partial charge in [-0.1, -0.05) is 0 Å². The van der Waals surface area contributed by atoms with Gasteiger partial charge in [-0.25, -0.2) is 0 Å². The SMILES string of the molecule is Cc1cc(CN(C[C@@H]2COC(C)(C)O2)C(=O)C[NH+](C)C)n(C)n1. The Morgan fingerprint density at radius 1 is 1.52 bits per heavy atom. The molecular weight excluding hydrogens is 296 g/mol. The summed E-state index contributed by atoms with van der Waals surface area (Å²) in [4.78, 5) is 15.6. The molecule has 2 heterocycles. The van der Waals surface area contributed by atoms with Gasteiger partial charge in [0, 0.05) is 13.6 Å². The van der Waals surface area contributed by atoms with Crippen LogP contribution in [0, 0.1) is 6.92 Å². The Morgan fingerprint density at radius 2 is 2.22 bits per heavy atom. The molecule has 0 spiro atoms. The summed E-state index contributed by atoms with van der Waals surface area (Å²) in [6.45, 7) is 7.77. The number of carbonyl (C=O) groups excluding carboxylic acids is 1. The van der Waals surface area contributed by atoms with Crippen molar-refractivity contribution in [2.75, 3.05) is 33.8 Å². The maximum atomic E-state index is 12.6. The molecule has 1 aliphatic rings. The molecule has 23 heavy (non-hydrogen) atoms. The Balaban J connectivity index is 2.08. The molecule has 0 bridgehead atoms. The lowest BCUT2D eigenvalue weighted by atomic mass is 10.2. The summed E-state index contributed by atoms with van der Waals surface area (Å²) >= 11 is 0. The molecule has 7 nitrogen and oxygen atoms in total. The molecule has 1 amide bonds. The number of aryl methyl sites for hydroxylation is 2. The van der Waals surface area contributed by atoms with Crippen LogP contribution in [0.5, 0.6) is 0 Å². The summed E-state index contributed by atoms with van der Waals surface area (Å²) in [5, 5.41) is 4.36. The lowest BCUT2D eigenvalue weighted by Crippen LogP contribution is -3.07. The van der Waals surface area contributed by atoms with E-state index >= 15 is 0 Å². The molecule has 0 radical (unpaired) electrons. The van der Waals surface area contributed by atoms with E-state index in [9.17, 15) is 4.79 Å². The van der Waals surface area contributed by atoms with Crippen molar-refractivity contribution in [2.45, 2.75) is 39.2 Å². The molecule has 1 aromatic rings. The van der Waals surface area contributed by atoms with Gasteiger partial charge >= 0.3 is 0 Å². The van der Waals surface area contributed by atoms with Crippen LogP contribution in [-0.2, 0) is 27.9 Å². The summed E-state index contributed by atoms with van der Waals surface area (Å²) in [6, 6.07) is 2.01. The summed E-state index contributed by atoms with van der Waals surface area (Å²) in [7, 11) is 5.85. The van der Waals surface area contributed by atoms with E-state index in [-0.39, 0.29) is 12.0 Å². The van der Waals surface area contributed by atoms with Crippen molar-refractivity contribution < 1.29 is 19.2 Å². The molecule has 130 valence electrons. The number of quaternary nitrogens is 1. The number of likely N-dealkylation sites (N-methyl/N-ethyl adjacent to an activating group) is 1. The van der Waals surface area contributed by atoms with E-state index in [2.05, 4.69) is 5.10 Å². The molecule has 0 saturated carbocycles. The first-order valence-electron chi connectivity index (χ1n) is 8.04. The van der Waals surface area contributed by atoms with Crippen molar-refractivity contribution in [3.8, 4) is 0 Å². The van der Waals surface area contributed by atoms with E-state index in [1.807, 2.05) is 57.6 Å². The molecule has 1 atom stereocenters. The summed E-state index contributed by atoms with van der Waals surface area (Å²) in [5.41, 5.74) is 1.97. The van der Waals surface area contributed by atoms with Gasteiger partial charge in [-0.2, -0.15) is 5.10 Å². The number of aromatic nitrogens is 2. The Labute approximate surface area is 138 Å². The standard InChI is InChI=1S/C16H28N4O3/c1-12-7-13(19(6)17-12)8-20(15(21)10-18(4)5)9-14-11-22-16(2,3)23-14/h7,14H,8-11H2,1-6H3/p+1/t14-/m1/s1. The topological polar surface area (TPSA) is 61.0 Å². The van der Waals surface area contributed by atoms with Crippen molar-refractivity contribution in [3.63, 3.8) is 0 Å². The van der Waals surface area contributed by atoms with Crippen molar-refractivity contribution in [3.05, 3.63) is 17.5 Å². The zero-order valence-electron chi connectivity index (χ0n) is 15.0. The van der Waals surface area contributed by atoms with Crippen LogP contribution < -0.4 is 4.90 Å². The van der Waals surface area contributed by atoms with Gasteiger partial charge in [-0.15, -0.1) is 0 Å². The van der Waals surface area contributed by atoms with Crippen LogP contribution in [0.3, 0.4) is 0 Å². The number of amides is 1. The van der Waals surface area contributed by atoms with Gasteiger partial charge < -0.3 is 19.3 Å². The normalized spacial score (nSPS) is 20.2. The zero-order valence-corrected chi connectivity index (χ0v) is 15.0. The fraction of sp³-hybridized carbons (Fsp3) is 0.750. The van der Waals surface area contributed by atoms with Crippen molar-refractivity contribution in [2.24, 2.45) is 7.05 Å². The highest BCUT2D eigenvalue weighted by atomic mass is 16.7.